The summed E-state index contributed by atoms with van der Waals surface area (Å²) in [7, 11) is 0. The van der Waals surface area contributed by atoms with E-state index in [1.54, 1.807) is 12.1 Å². The fourth-order valence-electron chi connectivity index (χ4n) is 3.50. The summed E-state index contributed by atoms with van der Waals surface area (Å²) >= 11 is 1.45. The van der Waals surface area contributed by atoms with Crippen molar-refractivity contribution in [3.8, 4) is 11.3 Å². The van der Waals surface area contributed by atoms with Crippen LogP contribution in [-0.2, 0) is 17.8 Å². The van der Waals surface area contributed by atoms with Crippen LogP contribution in [0.3, 0.4) is 0 Å². The highest BCUT2D eigenvalue weighted by Gasteiger charge is 2.13. The zero-order valence-electron chi connectivity index (χ0n) is 17.6. The quantitative estimate of drug-likeness (QED) is 0.455. The Morgan fingerprint density at radius 2 is 1.90 bits per heavy atom. The number of carbonyl (C=O) groups is 1. The van der Waals surface area contributed by atoms with Crippen molar-refractivity contribution in [2.24, 2.45) is 0 Å². The maximum Gasteiger partial charge on any atom is 0.261 e. The second-order valence-electron chi connectivity index (χ2n) is 7.43. The lowest BCUT2D eigenvalue weighted by Gasteiger charge is -2.06. The molecule has 0 radical (unpaired) electrons. The number of para-hydroxylation sites is 1. The third-order valence-corrected chi connectivity index (χ3v) is 6.01. The predicted octanol–water partition coefficient (Wildman–Crippen LogP) is 4.81. The standard InChI is InChI=1S/C24H24N4O2S/c1-3-6-17-9-11-18(12-10-17)22-16(2)31-24(27-22)26-21(29)13-14-28-15-25-20-8-5-4-7-19(20)23(28)30/h4-5,7-12,15H,3,6,13-14H2,1-2H3,(H,26,27,29). The van der Waals surface area contributed by atoms with Crippen molar-refractivity contribution in [1.82, 2.24) is 14.5 Å². The van der Waals surface area contributed by atoms with E-state index in [2.05, 4.69) is 46.5 Å². The largest absolute Gasteiger partial charge is 0.302 e. The molecule has 2 aromatic heterocycles. The van der Waals surface area contributed by atoms with Crippen LogP contribution in [0.4, 0.5) is 5.13 Å². The molecule has 1 N–H and O–H groups in total. The number of hydrogen-bond acceptors (Lipinski definition) is 5. The van der Waals surface area contributed by atoms with Crippen molar-refractivity contribution in [2.45, 2.75) is 39.7 Å². The van der Waals surface area contributed by atoms with Gasteiger partial charge < -0.3 is 5.32 Å². The van der Waals surface area contributed by atoms with E-state index in [-0.39, 0.29) is 24.4 Å². The maximum absolute atomic E-state index is 12.6. The van der Waals surface area contributed by atoms with Crippen molar-refractivity contribution in [3.63, 3.8) is 0 Å². The van der Waals surface area contributed by atoms with E-state index < -0.39 is 0 Å². The zero-order valence-corrected chi connectivity index (χ0v) is 18.4. The highest BCUT2D eigenvalue weighted by atomic mass is 32.1. The first-order chi connectivity index (χ1) is 15.0. The average molecular weight is 433 g/mol. The molecular formula is C24H24N4O2S. The fourth-order valence-corrected chi connectivity index (χ4v) is 4.36. The summed E-state index contributed by atoms with van der Waals surface area (Å²) in [6.07, 6.45) is 3.84. The van der Waals surface area contributed by atoms with Gasteiger partial charge in [-0.15, -0.1) is 11.3 Å². The maximum atomic E-state index is 12.6. The number of fused-ring (bicyclic) bond motifs is 1. The molecule has 6 nitrogen and oxygen atoms in total. The van der Waals surface area contributed by atoms with Gasteiger partial charge in [0.2, 0.25) is 5.91 Å². The number of nitrogens with zero attached hydrogens (tertiary/aromatic N) is 3. The summed E-state index contributed by atoms with van der Waals surface area (Å²) in [6, 6.07) is 15.6. The Labute approximate surface area is 184 Å². The molecule has 1 amide bonds. The molecule has 0 fully saturated rings. The molecule has 7 heteroatoms. The van der Waals surface area contributed by atoms with Gasteiger partial charge in [0.15, 0.2) is 5.13 Å². The molecule has 2 heterocycles. The molecule has 0 spiro atoms. The molecule has 158 valence electrons. The SMILES string of the molecule is CCCc1ccc(-c2nc(NC(=O)CCn3cnc4ccccc4c3=O)sc2C)cc1. The molecule has 0 saturated heterocycles. The molecule has 0 bridgehead atoms. The predicted molar refractivity (Wildman–Crippen MR) is 126 cm³/mol. The van der Waals surface area contributed by atoms with E-state index >= 15 is 0 Å². The summed E-state index contributed by atoms with van der Waals surface area (Å²) in [6.45, 7) is 4.43. The monoisotopic (exact) mass is 432 g/mol. The Bertz CT molecular complexity index is 1270. The third kappa shape index (κ3) is 4.72. The van der Waals surface area contributed by atoms with Gasteiger partial charge in [0.05, 0.1) is 22.9 Å². The summed E-state index contributed by atoms with van der Waals surface area (Å²) in [4.78, 5) is 35.0. The smallest absolute Gasteiger partial charge is 0.261 e. The first-order valence-electron chi connectivity index (χ1n) is 10.4. The topological polar surface area (TPSA) is 76.9 Å². The van der Waals surface area contributed by atoms with Crippen LogP contribution in [0.25, 0.3) is 22.2 Å². The van der Waals surface area contributed by atoms with Gasteiger partial charge >= 0.3 is 0 Å². The van der Waals surface area contributed by atoms with Crippen LogP contribution in [0.15, 0.2) is 59.7 Å². The molecule has 0 aliphatic rings. The number of rotatable bonds is 7. The van der Waals surface area contributed by atoms with Crippen LogP contribution in [0.5, 0.6) is 0 Å². The number of nitrogens with one attached hydrogen (secondary N) is 1. The number of carbonyl (C=O) groups excluding carboxylic acids is 1. The molecule has 0 saturated carbocycles. The Morgan fingerprint density at radius 1 is 1.13 bits per heavy atom. The van der Waals surface area contributed by atoms with Gasteiger partial charge in [0.1, 0.15) is 0 Å². The Hall–Kier alpha value is -3.32. The fraction of sp³-hybridized carbons (Fsp3) is 0.250. The van der Waals surface area contributed by atoms with Crippen LogP contribution in [0.2, 0.25) is 0 Å². The lowest BCUT2D eigenvalue weighted by molar-refractivity contribution is -0.116. The molecular weight excluding hydrogens is 408 g/mol. The van der Waals surface area contributed by atoms with E-state index in [9.17, 15) is 9.59 Å². The van der Waals surface area contributed by atoms with E-state index in [0.717, 1.165) is 29.0 Å². The van der Waals surface area contributed by atoms with Gasteiger partial charge in [-0.2, -0.15) is 0 Å². The van der Waals surface area contributed by atoms with Crippen molar-refractivity contribution >= 4 is 33.3 Å². The molecule has 0 aliphatic heterocycles. The summed E-state index contributed by atoms with van der Waals surface area (Å²) in [5.41, 5.74) is 3.76. The molecule has 31 heavy (non-hydrogen) atoms. The average Bonchev–Trinajstić information content (AvgIpc) is 3.14. The van der Waals surface area contributed by atoms with Crippen LogP contribution in [0, 0.1) is 6.92 Å². The van der Waals surface area contributed by atoms with E-state index in [1.807, 2.05) is 19.1 Å². The van der Waals surface area contributed by atoms with Gasteiger partial charge in [-0.05, 0) is 31.0 Å². The van der Waals surface area contributed by atoms with Crippen molar-refractivity contribution in [1.29, 1.82) is 0 Å². The van der Waals surface area contributed by atoms with E-state index in [1.165, 1.54) is 27.8 Å². The lowest BCUT2D eigenvalue weighted by atomic mass is 10.1. The Kier molecular flexibility index (Phi) is 6.23. The second-order valence-corrected chi connectivity index (χ2v) is 8.63. The summed E-state index contributed by atoms with van der Waals surface area (Å²) < 4.78 is 1.47. The van der Waals surface area contributed by atoms with Crippen molar-refractivity contribution in [2.75, 3.05) is 5.32 Å². The number of benzene rings is 2. The molecule has 4 rings (SSSR count). The number of aromatic nitrogens is 3. The van der Waals surface area contributed by atoms with Gasteiger partial charge in [0.25, 0.3) is 5.56 Å². The first kappa shape index (κ1) is 20.9. The first-order valence-corrected chi connectivity index (χ1v) is 11.2. The number of thiazole rings is 1. The number of anilines is 1. The summed E-state index contributed by atoms with van der Waals surface area (Å²) in [5, 5.41) is 3.98. The van der Waals surface area contributed by atoms with E-state index in [4.69, 9.17) is 0 Å². The van der Waals surface area contributed by atoms with Crippen molar-refractivity contribution < 1.29 is 4.79 Å². The second kappa shape index (κ2) is 9.22. The van der Waals surface area contributed by atoms with Gasteiger partial charge in [0, 0.05) is 23.4 Å². The van der Waals surface area contributed by atoms with Crippen LogP contribution < -0.4 is 10.9 Å². The van der Waals surface area contributed by atoms with Gasteiger partial charge in [-0.3, -0.25) is 14.2 Å². The van der Waals surface area contributed by atoms with Crippen LogP contribution in [-0.4, -0.2) is 20.4 Å². The Balaban J connectivity index is 1.42. The van der Waals surface area contributed by atoms with Gasteiger partial charge in [-0.25, -0.2) is 9.97 Å². The normalized spacial score (nSPS) is 11.0. The molecule has 0 unspecified atom stereocenters. The number of aryl methyl sites for hydroxylation is 3. The van der Waals surface area contributed by atoms with Gasteiger partial charge in [-0.1, -0.05) is 49.7 Å². The third-order valence-electron chi connectivity index (χ3n) is 5.12. The minimum Gasteiger partial charge on any atom is -0.302 e. The molecule has 4 aromatic rings. The number of amides is 1. The highest BCUT2D eigenvalue weighted by molar-refractivity contribution is 7.16. The molecule has 2 aromatic carbocycles. The van der Waals surface area contributed by atoms with Crippen LogP contribution >= 0.6 is 11.3 Å². The highest BCUT2D eigenvalue weighted by Crippen LogP contribution is 2.30. The summed E-state index contributed by atoms with van der Waals surface area (Å²) in [5.74, 6) is -0.182. The molecule has 0 aliphatic carbocycles. The minimum atomic E-state index is -0.182. The number of hydrogen-bond donors (Lipinski definition) is 1. The van der Waals surface area contributed by atoms with Crippen molar-refractivity contribution in [3.05, 3.63) is 75.7 Å². The zero-order chi connectivity index (χ0) is 21.8. The lowest BCUT2D eigenvalue weighted by Crippen LogP contribution is -2.23. The van der Waals surface area contributed by atoms with Crippen LogP contribution in [0.1, 0.15) is 30.2 Å². The minimum absolute atomic E-state index is 0.141. The van der Waals surface area contributed by atoms with E-state index in [0.29, 0.717) is 16.0 Å². The Morgan fingerprint density at radius 3 is 2.68 bits per heavy atom. The molecule has 0 atom stereocenters.